The molecule has 0 saturated carbocycles. The molecule has 0 heterocycles. The van der Waals surface area contributed by atoms with Crippen molar-refractivity contribution in [2.24, 2.45) is 0 Å². The molecule has 0 aliphatic rings. The van der Waals surface area contributed by atoms with Crippen LogP contribution in [0.3, 0.4) is 0 Å². The van der Waals surface area contributed by atoms with Crippen LogP contribution < -0.4 is 5.32 Å². The second-order valence-corrected chi connectivity index (χ2v) is 4.43. The standard InChI is InChI=1S/C14H12ClF2NO/c15-11-5-2-6-12(17)14(11)13(8-19)18-10-4-1-3-9(16)7-10/h1-7,13,18-19H,8H2. The van der Waals surface area contributed by atoms with Gasteiger partial charge in [0.2, 0.25) is 0 Å². The molecule has 0 bridgehead atoms. The van der Waals surface area contributed by atoms with Gasteiger partial charge in [-0.2, -0.15) is 0 Å². The molecule has 0 aliphatic heterocycles. The van der Waals surface area contributed by atoms with E-state index in [9.17, 15) is 13.9 Å². The summed E-state index contributed by atoms with van der Waals surface area (Å²) >= 11 is 5.94. The molecular formula is C14H12ClF2NO. The van der Waals surface area contributed by atoms with Crippen LogP contribution in [0.1, 0.15) is 11.6 Å². The molecule has 2 rings (SSSR count). The molecule has 2 aromatic rings. The number of aliphatic hydroxyl groups excluding tert-OH is 1. The smallest absolute Gasteiger partial charge is 0.130 e. The largest absolute Gasteiger partial charge is 0.394 e. The minimum Gasteiger partial charge on any atom is -0.394 e. The molecule has 2 aromatic carbocycles. The molecule has 2 nitrogen and oxygen atoms in total. The van der Waals surface area contributed by atoms with E-state index in [1.165, 1.54) is 36.4 Å². The van der Waals surface area contributed by atoms with E-state index in [4.69, 9.17) is 11.6 Å². The zero-order chi connectivity index (χ0) is 13.8. The Hall–Kier alpha value is -1.65. The Balaban J connectivity index is 2.30. The lowest BCUT2D eigenvalue weighted by atomic mass is 10.1. The SMILES string of the molecule is OCC(Nc1cccc(F)c1)c1c(F)cccc1Cl. The number of halogens is 3. The summed E-state index contributed by atoms with van der Waals surface area (Å²) in [7, 11) is 0. The van der Waals surface area contributed by atoms with Gasteiger partial charge in [0.05, 0.1) is 12.6 Å². The summed E-state index contributed by atoms with van der Waals surface area (Å²) in [6, 6.07) is 9.25. The molecule has 0 radical (unpaired) electrons. The van der Waals surface area contributed by atoms with Crippen LogP contribution in [0.5, 0.6) is 0 Å². The number of nitrogens with one attached hydrogen (secondary N) is 1. The van der Waals surface area contributed by atoms with Gasteiger partial charge < -0.3 is 10.4 Å². The fraction of sp³-hybridized carbons (Fsp3) is 0.143. The van der Waals surface area contributed by atoms with Gasteiger partial charge in [-0.05, 0) is 30.3 Å². The maximum absolute atomic E-state index is 13.8. The lowest BCUT2D eigenvalue weighted by Gasteiger charge is -2.19. The monoisotopic (exact) mass is 283 g/mol. The maximum atomic E-state index is 13.8. The summed E-state index contributed by atoms with van der Waals surface area (Å²) < 4.78 is 26.8. The predicted molar refractivity (Wildman–Crippen MR) is 71.3 cm³/mol. The van der Waals surface area contributed by atoms with Crippen molar-refractivity contribution in [1.29, 1.82) is 0 Å². The summed E-state index contributed by atoms with van der Waals surface area (Å²) in [5.74, 6) is -0.934. The van der Waals surface area contributed by atoms with Gasteiger partial charge in [0.25, 0.3) is 0 Å². The number of anilines is 1. The van der Waals surface area contributed by atoms with Crippen LogP contribution >= 0.6 is 11.6 Å². The quantitative estimate of drug-likeness (QED) is 0.895. The summed E-state index contributed by atoms with van der Waals surface area (Å²) in [6.07, 6.45) is 0. The van der Waals surface area contributed by atoms with Crippen molar-refractivity contribution in [2.75, 3.05) is 11.9 Å². The van der Waals surface area contributed by atoms with Gasteiger partial charge >= 0.3 is 0 Å². The molecule has 0 spiro atoms. The van der Waals surface area contributed by atoms with Gasteiger partial charge in [0.15, 0.2) is 0 Å². The van der Waals surface area contributed by atoms with Crippen LogP contribution in [0.15, 0.2) is 42.5 Å². The molecule has 0 fully saturated rings. The molecule has 0 aromatic heterocycles. The van der Waals surface area contributed by atoms with Gasteiger partial charge in [-0.15, -0.1) is 0 Å². The molecule has 1 atom stereocenters. The van der Waals surface area contributed by atoms with Crippen LogP contribution in [0.2, 0.25) is 5.02 Å². The maximum Gasteiger partial charge on any atom is 0.130 e. The summed E-state index contributed by atoms with van der Waals surface area (Å²) in [6.45, 7) is -0.364. The highest BCUT2D eigenvalue weighted by molar-refractivity contribution is 6.31. The van der Waals surface area contributed by atoms with E-state index >= 15 is 0 Å². The van der Waals surface area contributed by atoms with Gasteiger partial charge in [-0.25, -0.2) is 8.78 Å². The minimum atomic E-state index is -0.740. The van der Waals surface area contributed by atoms with Gasteiger partial charge in [-0.1, -0.05) is 23.7 Å². The number of aliphatic hydroxyl groups is 1. The van der Waals surface area contributed by atoms with Crippen molar-refractivity contribution in [3.63, 3.8) is 0 Å². The summed E-state index contributed by atoms with van der Waals surface area (Å²) in [5, 5.41) is 12.4. The van der Waals surface area contributed by atoms with Crippen molar-refractivity contribution in [3.05, 3.63) is 64.7 Å². The predicted octanol–water partition coefficient (Wildman–Crippen LogP) is 3.76. The lowest BCUT2D eigenvalue weighted by molar-refractivity contribution is 0.274. The first kappa shape index (κ1) is 13.8. The zero-order valence-electron chi connectivity index (χ0n) is 9.91. The third kappa shape index (κ3) is 3.22. The Morgan fingerprint density at radius 3 is 2.53 bits per heavy atom. The molecule has 100 valence electrons. The van der Waals surface area contributed by atoms with Crippen LogP contribution in [0.4, 0.5) is 14.5 Å². The Bertz CT molecular complexity index is 557. The zero-order valence-corrected chi connectivity index (χ0v) is 10.7. The van der Waals surface area contributed by atoms with E-state index < -0.39 is 17.7 Å². The van der Waals surface area contributed by atoms with E-state index in [-0.39, 0.29) is 17.2 Å². The normalized spacial score (nSPS) is 12.2. The third-order valence-electron chi connectivity index (χ3n) is 2.70. The van der Waals surface area contributed by atoms with E-state index in [1.54, 1.807) is 6.07 Å². The number of hydrogen-bond acceptors (Lipinski definition) is 2. The van der Waals surface area contributed by atoms with E-state index in [1.807, 2.05) is 0 Å². The van der Waals surface area contributed by atoms with Crippen molar-refractivity contribution in [3.8, 4) is 0 Å². The van der Waals surface area contributed by atoms with E-state index in [0.29, 0.717) is 5.69 Å². The minimum absolute atomic E-state index is 0.163. The highest BCUT2D eigenvalue weighted by Crippen LogP contribution is 2.28. The first-order chi connectivity index (χ1) is 9.11. The van der Waals surface area contributed by atoms with Crippen molar-refractivity contribution < 1.29 is 13.9 Å². The number of hydrogen-bond donors (Lipinski definition) is 2. The van der Waals surface area contributed by atoms with Crippen LogP contribution in [0, 0.1) is 11.6 Å². The summed E-state index contributed by atoms with van der Waals surface area (Å²) in [4.78, 5) is 0. The van der Waals surface area contributed by atoms with Crippen molar-refractivity contribution >= 4 is 17.3 Å². The van der Waals surface area contributed by atoms with Gasteiger partial charge in [-0.3, -0.25) is 0 Å². The molecule has 0 aliphatic carbocycles. The third-order valence-corrected chi connectivity index (χ3v) is 3.03. The molecule has 0 saturated heterocycles. The first-order valence-electron chi connectivity index (χ1n) is 5.68. The highest BCUT2D eigenvalue weighted by Gasteiger charge is 2.18. The van der Waals surface area contributed by atoms with E-state index in [2.05, 4.69) is 5.32 Å². The Morgan fingerprint density at radius 2 is 1.89 bits per heavy atom. The molecule has 19 heavy (non-hydrogen) atoms. The average molecular weight is 284 g/mol. The van der Waals surface area contributed by atoms with E-state index in [0.717, 1.165) is 0 Å². The Morgan fingerprint density at radius 1 is 1.16 bits per heavy atom. The molecule has 2 N–H and O–H groups in total. The topological polar surface area (TPSA) is 32.3 Å². The van der Waals surface area contributed by atoms with Gasteiger partial charge in [0, 0.05) is 16.3 Å². The molecule has 1 unspecified atom stereocenters. The lowest BCUT2D eigenvalue weighted by Crippen LogP contribution is -2.17. The first-order valence-corrected chi connectivity index (χ1v) is 6.06. The second-order valence-electron chi connectivity index (χ2n) is 4.03. The summed E-state index contributed by atoms with van der Waals surface area (Å²) in [5.41, 5.74) is 0.606. The second kappa shape index (κ2) is 5.99. The fourth-order valence-corrected chi connectivity index (χ4v) is 2.13. The van der Waals surface area contributed by atoms with Crippen LogP contribution in [-0.2, 0) is 0 Å². The molecule has 5 heteroatoms. The van der Waals surface area contributed by atoms with Gasteiger partial charge in [0.1, 0.15) is 11.6 Å². The fourth-order valence-electron chi connectivity index (χ4n) is 1.83. The molecular weight excluding hydrogens is 272 g/mol. The molecule has 0 amide bonds. The van der Waals surface area contributed by atoms with Crippen LogP contribution in [-0.4, -0.2) is 11.7 Å². The van der Waals surface area contributed by atoms with Crippen molar-refractivity contribution in [1.82, 2.24) is 0 Å². The van der Waals surface area contributed by atoms with Crippen molar-refractivity contribution in [2.45, 2.75) is 6.04 Å². The average Bonchev–Trinajstić information content (AvgIpc) is 2.37. The Kier molecular flexibility index (Phi) is 4.35. The Labute approximate surface area is 114 Å². The number of rotatable bonds is 4. The van der Waals surface area contributed by atoms with Crippen LogP contribution in [0.25, 0.3) is 0 Å². The number of benzene rings is 2. The highest BCUT2D eigenvalue weighted by atomic mass is 35.5.